The van der Waals surface area contributed by atoms with E-state index in [1.807, 2.05) is 18.2 Å². The highest BCUT2D eigenvalue weighted by Crippen LogP contribution is 2.37. The summed E-state index contributed by atoms with van der Waals surface area (Å²) >= 11 is 0. The molecular formula is C24H32FNO. The number of hydrogen-bond acceptors (Lipinski definition) is 2. The summed E-state index contributed by atoms with van der Waals surface area (Å²) in [4.78, 5) is 0. The number of ether oxygens (including phenoxy) is 1. The molecule has 0 unspecified atom stereocenters. The summed E-state index contributed by atoms with van der Waals surface area (Å²) in [6, 6.07) is 9.13. The fourth-order valence-corrected chi connectivity index (χ4v) is 4.72. The van der Waals surface area contributed by atoms with Crippen molar-refractivity contribution in [3.8, 4) is 6.07 Å². The molecule has 0 aliphatic heterocycles. The van der Waals surface area contributed by atoms with E-state index in [2.05, 4.69) is 6.07 Å². The molecule has 2 saturated carbocycles. The standard InChI is InChI=1S/C24H32FNO/c25-23-13-11-22(12-14-23)21-9-5-20(6-10-21)18-27-24-15-7-19(8-16-24)4-2-1-3-17-26/h1,3,11-14,19-21,24H,2,4-10,15-16,18H2. The number of halogens is 1. The van der Waals surface area contributed by atoms with Gasteiger partial charge in [-0.2, -0.15) is 5.26 Å². The van der Waals surface area contributed by atoms with Gasteiger partial charge in [-0.05, 0) is 99.7 Å². The molecule has 27 heavy (non-hydrogen) atoms. The van der Waals surface area contributed by atoms with Crippen molar-refractivity contribution in [1.29, 1.82) is 5.26 Å². The van der Waals surface area contributed by atoms with Gasteiger partial charge in [0, 0.05) is 12.7 Å². The van der Waals surface area contributed by atoms with Crippen molar-refractivity contribution >= 4 is 0 Å². The Labute approximate surface area is 163 Å². The van der Waals surface area contributed by atoms with Gasteiger partial charge in [0.2, 0.25) is 0 Å². The van der Waals surface area contributed by atoms with E-state index < -0.39 is 0 Å². The number of benzene rings is 1. The smallest absolute Gasteiger partial charge is 0.123 e. The van der Waals surface area contributed by atoms with Crippen molar-refractivity contribution in [2.75, 3.05) is 6.61 Å². The van der Waals surface area contributed by atoms with Crippen LogP contribution in [0.3, 0.4) is 0 Å². The van der Waals surface area contributed by atoms with E-state index in [1.54, 1.807) is 18.2 Å². The number of nitriles is 1. The first-order valence-corrected chi connectivity index (χ1v) is 10.7. The van der Waals surface area contributed by atoms with Gasteiger partial charge >= 0.3 is 0 Å². The summed E-state index contributed by atoms with van der Waals surface area (Å²) in [5.74, 6) is 1.94. The Kier molecular flexibility index (Phi) is 7.90. The van der Waals surface area contributed by atoms with Crippen molar-refractivity contribution in [2.24, 2.45) is 11.8 Å². The van der Waals surface area contributed by atoms with E-state index >= 15 is 0 Å². The Bertz CT molecular complexity index is 617. The van der Waals surface area contributed by atoms with E-state index in [0.717, 1.165) is 18.9 Å². The molecule has 0 aromatic heterocycles. The molecule has 0 heterocycles. The molecule has 0 amide bonds. The molecular weight excluding hydrogens is 337 g/mol. The van der Waals surface area contributed by atoms with Crippen LogP contribution in [0.1, 0.15) is 75.7 Å². The summed E-state index contributed by atoms with van der Waals surface area (Å²) in [5.41, 5.74) is 1.29. The zero-order valence-corrected chi connectivity index (χ0v) is 16.3. The molecule has 3 heteroatoms. The van der Waals surface area contributed by atoms with Crippen LogP contribution in [0, 0.1) is 29.0 Å². The van der Waals surface area contributed by atoms with Crippen LogP contribution in [0.15, 0.2) is 36.4 Å². The van der Waals surface area contributed by atoms with E-state index in [1.165, 1.54) is 63.4 Å². The monoisotopic (exact) mass is 369 g/mol. The number of rotatable bonds is 7. The maximum absolute atomic E-state index is 13.1. The molecule has 0 atom stereocenters. The fraction of sp³-hybridized carbons (Fsp3) is 0.625. The number of nitrogens with zero attached hydrogens (tertiary/aromatic N) is 1. The number of allylic oxidation sites excluding steroid dienone is 2. The molecule has 3 rings (SSSR count). The average molecular weight is 370 g/mol. The van der Waals surface area contributed by atoms with Gasteiger partial charge in [-0.3, -0.25) is 0 Å². The van der Waals surface area contributed by atoms with Crippen LogP contribution in [-0.4, -0.2) is 12.7 Å². The maximum atomic E-state index is 13.1. The first-order valence-electron chi connectivity index (χ1n) is 10.7. The molecule has 0 saturated heterocycles. The third kappa shape index (κ3) is 6.47. The summed E-state index contributed by atoms with van der Waals surface area (Å²) in [5, 5.41) is 8.52. The zero-order valence-electron chi connectivity index (χ0n) is 16.3. The van der Waals surface area contributed by atoms with Crippen molar-refractivity contribution in [2.45, 2.75) is 76.2 Å². The minimum absolute atomic E-state index is 0.144. The van der Waals surface area contributed by atoms with Crippen LogP contribution in [0.5, 0.6) is 0 Å². The van der Waals surface area contributed by atoms with Crippen LogP contribution in [-0.2, 0) is 4.74 Å². The maximum Gasteiger partial charge on any atom is 0.123 e. The lowest BCUT2D eigenvalue weighted by molar-refractivity contribution is -0.00824. The van der Waals surface area contributed by atoms with Crippen LogP contribution >= 0.6 is 0 Å². The summed E-state index contributed by atoms with van der Waals surface area (Å²) in [6.07, 6.45) is 16.0. The van der Waals surface area contributed by atoms with Gasteiger partial charge in [0.1, 0.15) is 5.82 Å². The molecule has 2 fully saturated rings. The Morgan fingerprint density at radius 1 is 0.963 bits per heavy atom. The van der Waals surface area contributed by atoms with Gasteiger partial charge in [-0.15, -0.1) is 0 Å². The second-order valence-corrected chi connectivity index (χ2v) is 8.35. The fourth-order valence-electron chi connectivity index (χ4n) is 4.72. The Morgan fingerprint density at radius 2 is 1.63 bits per heavy atom. The lowest BCUT2D eigenvalue weighted by atomic mass is 9.79. The second-order valence-electron chi connectivity index (χ2n) is 8.35. The van der Waals surface area contributed by atoms with Crippen LogP contribution in [0.25, 0.3) is 0 Å². The summed E-state index contributed by atoms with van der Waals surface area (Å²) in [6.45, 7) is 0.913. The normalized spacial score (nSPS) is 28.9. The van der Waals surface area contributed by atoms with Gasteiger partial charge in [0.05, 0.1) is 12.2 Å². The van der Waals surface area contributed by atoms with E-state index in [9.17, 15) is 4.39 Å². The van der Waals surface area contributed by atoms with Crippen LogP contribution in [0.4, 0.5) is 4.39 Å². The molecule has 146 valence electrons. The summed E-state index contributed by atoms with van der Waals surface area (Å²) in [7, 11) is 0. The molecule has 2 aliphatic rings. The van der Waals surface area contributed by atoms with Gasteiger partial charge < -0.3 is 4.74 Å². The molecule has 0 spiro atoms. The highest BCUT2D eigenvalue weighted by atomic mass is 19.1. The van der Waals surface area contributed by atoms with Gasteiger partial charge in [0.15, 0.2) is 0 Å². The first kappa shape index (κ1) is 20.1. The second kappa shape index (κ2) is 10.6. The Balaban J connectivity index is 1.30. The Morgan fingerprint density at radius 3 is 2.30 bits per heavy atom. The lowest BCUT2D eigenvalue weighted by Gasteiger charge is -2.32. The average Bonchev–Trinajstić information content (AvgIpc) is 2.72. The van der Waals surface area contributed by atoms with Crippen molar-refractivity contribution in [3.63, 3.8) is 0 Å². The summed E-state index contributed by atoms with van der Waals surface area (Å²) < 4.78 is 19.3. The molecule has 0 radical (unpaired) electrons. The van der Waals surface area contributed by atoms with Crippen LogP contribution in [0.2, 0.25) is 0 Å². The minimum atomic E-state index is -0.144. The predicted octanol–water partition coefficient (Wildman–Crippen LogP) is 6.53. The quantitative estimate of drug-likeness (QED) is 0.512. The molecule has 0 N–H and O–H groups in total. The Hall–Kier alpha value is -1.66. The molecule has 1 aromatic rings. The first-order chi connectivity index (χ1) is 13.2. The van der Waals surface area contributed by atoms with Gasteiger partial charge in [-0.25, -0.2) is 4.39 Å². The van der Waals surface area contributed by atoms with E-state index in [0.29, 0.717) is 17.9 Å². The largest absolute Gasteiger partial charge is 0.378 e. The van der Waals surface area contributed by atoms with Gasteiger partial charge in [-0.1, -0.05) is 18.2 Å². The van der Waals surface area contributed by atoms with Crippen molar-refractivity contribution in [3.05, 3.63) is 47.8 Å². The SMILES string of the molecule is N#CC=CCCC1CCC(OCC2CCC(c3ccc(F)cc3)CC2)CC1. The van der Waals surface area contributed by atoms with E-state index in [4.69, 9.17) is 10.00 Å². The topological polar surface area (TPSA) is 33.0 Å². The molecule has 0 bridgehead atoms. The van der Waals surface area contributed by atoms with Crippen LogP contribution < -0.4 is 0 Å². The lowest BCUT2D eigenvalue weighted by Crippen LogP contribution is -2.25. The third-order valence-corrected chi connectivity index (χ3v) is 6.48. The zero-order chi connectivity index (χ0) is 18.9. The third-order valence-electron chi connectivity index (χ3n) is 6.48. The number of hydrogen-bond donors (Lipinski definition) is 0. The van der Waals surface area contributed by atoms with Crippen molar-refractivity contribution in [1.82, 2.24) is 0 Å². The highest BCUT2D eigenvalue weighted by molar-refractivity contribution is 5.20. The molecule has 2 aliphatic carbocycles. The van der Waals surface area contributed by atoms with Gasteiger partial charge in [0.25, 0.3) is 0 Å². The minimum Gasteiger partial charge on any atom is -0.378 e. The van der Waals surface area contributed by atoms with Crippen molar-refractivity contribution < 1.29 is 9.13 Å². The highest BCUT2D eigenvalue weighted by Gasteiger charge is 2.25. The predicted molar refractivity (Wildman–Crippen MR) is 107 cm³/mol. The van der Waals surface area contributed by atoms with E-state index in [-0.39, 0.29) is 5.82 Å². The molecule has 1 aromatic carbocycles. The molecule has 2 nitrogen and oxygen atoms in total.